The Morgan fingerprint density at radius 2 is 2.20 bits per heavy atom. The number of nitrogens with one attached hydrogen (secondary N) is 1. The van der Waals surface area contributed by atoms with E-state index >= 15 is 0 Å². The molecule has 0 aliphatic heterocycles. The van der Waals surface area contributed by atoms with Gasteiger partial charge in [-0.1, -0.05) is 0 Å². The van der Waals surface area contributed by atoms with Crippen molar-refractivity contribution in [2.24, 2.45) is 0 Å². The molecule has 15 heavy (non-hydrogen) atoms. The number of aliphatic carboxylic acids is 1. The molecule has 1 rings (SSSR count). The molecule has 0 aliphatic carbocycles. The van der Waals surface area contributed by atoms with E-state index < -0.39 is 12.0 Å². The van der Waals surface area contributed by atoms with Gasteiger partial charge in [-0.25, -0.2) is 4.98 Å². The highest BCUT2D eigenvalue weighted by Gasteiger charge is 2.25. The van der Waals surface area contributed by atoms with E-state index in [0.29, 0.717) is 0 Å². The van der Waals surface area contributed by atoms with Crippen molar-refractivity contribution in [3.63, 3.8) is 0 Å². The summed E-state index contributed by atoms with van der Waals surface area (Å²) in [6.45, 7) is 5.71. The molecular weight excluding hydrogens is 194 g/mol. The number of carbonyl (C=O) groups is 1. The first-order chi connectivity index (χ1) is 6.99. The molecule has 2 N–H and O–H groups in total. The van der Waals surface area contributed by atoms with Gasteiger partial charge in [0.15, 0.2) is 0 Å². The molecule has 0 spiro atoms. The summed E-state index contributed by atoms with van der Waals surface area (Å²) < 4.78 is 1.88. The molecule has 0 aliphatic rings. The van der Waals surface area contributed by atoms with Crippen molar-refractivity contribution in [1.29, 1.82) is 0 Å². The van der Waals surface area contributed by atoms with Crippen LogP contribution in [-0.2, 0) is 4.79 Å². The van der Waals surface area contributed by atoms with Gasteiger partial charge >= 0.3 is 5.97 Å². The number of imidazole rings is 1. The molecule has 2 unspecified atom stereocenters. The molecule has 0 fully saturated rings. The summed E-state index contributed by atoms with van der Waals surface area (Å²) in [4.78, 5) is 15.1. The second-order valence-electron chi connectivity index (χ2n) is 3.67. The van der Waals surface area contributed by atoms with Gasteiger partial charge in [0.2, 0.25) is 0 Å². The minimum Gasteiger partial charge on any atom is -0.480 e. The third kappa shape index (κ3) is 2.18. The summed E-state index contributed by atoms with van der Waals surface area (Å²) in [5.74, 6) is -0.851. The Kier molecular flexibility index (Phi) is 3.47. The summed E-state index contributed by atoms with van der Waals surface area (Å²) in [6.07, 6.45) is 1.68. The predicted octanol–water partition coefficient (Wildman–Crippen LogP) is 0.734. The highest BCUT2D eigenvalue weighted by atomic mass is 16.4. The molecule has 1 aromatic rings. The molecule has 0 radical (unpaired) electrons. The fourth-order valence-corrected chi connectivity index (χ4v) is 1.66. The van der Waals surface area contributed by atoms with Crippen LogP contribution in [0.5, 0.6) is 0 Å². The predicted molar refractivity (Wildman–Crippen MR) is 56.9 cm³/mol. The molecule has 0 saturated heterocycles. The topological polar surface area (TPSA) is 67.2 Å². The van der Waals surface area contributed by atoms with Crippen LogP contribution in [0.15, 0.2) is 6.33 Å². The van der Waals surface area contributed by atoms with Crippen LogP contribution in [0.3, 0.4) is 0 Å². The largest absolute Gasteiger partial charge is 0.480 e. The van der Waals surface area contributed by atoms with Gasteiger partial charge in [-0.3, -0.25) is 4.79 Å². The first kappa shape index (κ1) is 11.7. The number of carboxylic acids is 1. The monoisotopic (exact) mass is 211 g/mol. The van der Waals surface area contributed by atoms with Crippen LogP contribution in [0.4, 0.5) is 0 Å². The van der Waals surface area contributed by atoms with Crippen LogP contribution >= 0.6 is 0 Å². The van der Waals surface area contributed by atoms with Gasteiger partial charge in [0.25, 0.3) is 0 Å². The number of likely N-dealkylation sites (N-methyl/N-ethyl adjacent to an activating group) is 1. The minimum atomic E-state index is -0.851. The molecule has 5 heteroatoms. The summed E-state index contributed by atoms with van der Waals surface area (Å²) in [5, 5.41) is 11.8. The van der Waals surface area contributed by atoms with Gasteiger partial charge in [0.1, 0.15) is 6.04 Å². The fourth-order valence-electron chi connectivity index (χ4n) is 1.66. The number of carboxylic acid groups (broad SMARTS) is 1. The number of hydrogen-bond acceptors (Lipinski definition) is 3. The molecule has 0 aromatic carbocycles. The molecule has 1 heterocycles. The Morgan fingerprint density at radius 3 is 2.53 bits per heavy atom. The van der Waals surface area contributed by atoms with Gasteiger partial charge in [-0.15, -0.1) is 0 Å². The second kappa shape index (κ2) is 4.44. The lowest BCUT2D eigenvalue weighted by Crippen LogP contribution is -2.40. The quantitative estimate of drug-likeness (QED) is 0.770. The lowest BCUT2D eigenvalue weighted by Gasteiger charge is -2.22. The molecule has 5 nitrogen and oxygen atoms in total. The van der Waals surface area contributed by atoms with E-state index in [1.807, 2.05) is 25.3 Å². The van der Waals surface area contributed by atoms with Crippen LogP contribution < -0.4 is 5.32 Å². The van der Waals surface area contributed by atoms with Crippen LogP contribution in [0.25, 0.3) is 0 Å². The van der Waals surface area contributed by atoms with Crippen LogP contribution in [0.1, 0.15) is 24.4 Å². The standard InChI is InChI=1S/C10H17N3O2/c1-6-7(2)13(5-12-6)8(3)9(11-4)10(14)15/h5,8-9,11H,1-4H3,(H,14,15). The number of aromatic nitrogens is 2. The number of nitrogens with zero attached hydrogens (tertiary/aromatic N) is 2. The van der Waals surface area contributed by atoms with Crippen molar-refractivity contribution < 1.29 is 9.90 Å². The van der Waals surface area contributed by atoms with Crippen LogP contribution in [-0.4, -0.2) is 33.7 Å². The minimum absolute atomic E-state index is 0.159. The molecule has 1 aromatic heterocycles. The van der Waals surface area contributed by atoms with E-state index in [-0.39, 0.29) is 6.04 Å². The molecule has 2 atom stereocenters. The zero-order valence-electron chi connectivity index (χ0n) is 9.48. The number of rotatable bonds is 4. The zero-order valence-corrected chi connectivity index (χ0v) is 9.48. The van der Waals surface area contributed by atoms with Gasteiger partial charge in [-0.05, 0) is 27.8 Å². The Bertz CT molecular complexity index is 360. The highest BCUT2D eigenvalue weighted by Crippen LogP contribution is 2.16. The van der Waals surface area contributed by atoms with E-state index in [0.717, 1.165) is 11.4 Å². The maximum Gasteiger partial charge on any atom is 0.322 e. The highest BCUT2D eigenvalue weighted by molar-refractivity contribution is 5.74. The molecule has 0 saturated carbocycles. The lowest BCUT2D eigenvalue weighted by atomic mass is 10.1. The maximum absolute atomic E-state index is 11.0. The van der Waals surface area contributed by atoms with Gasteiger partial charge in [0, 0.05) is 5.69 Å². The van der Waals surface area contributed by atoms with E-state index in [4.69, 9.17) is 5.11 Å². The Labute approximate surface area is 89.1 Å². The summed E-state index contributed by atoms with van der Waals surface area (Å²) in [5.41, 5.74) is 1.94. The third-order valence-electron chi connectivity index (χ3n) is 2.78. The van der Waals surface area contributed by atoms with Gasteiger partial charge in [0.05, 0.1) is 18.1 Å². The van der Waals surface area contributed by atoms with Crippen molar-refractivity contribution >= 4 is 5.97 Å². The van der Waals surface area contributed by atoms with Crippen molar-refractivity contribution in [1.82, 2.24) is 14.9 Å². The van der Waals surface area contributed by atoms with Crippen molar-refractivity contribution in [2.75, 3.05) is 7.05 Å². The third-order valence-corrected chi connectivity index (χ3v) is 2.78. The summed E-state index contributed by atoms with van der Waals surface area (Å²) >= 11 is 0. The molecular formula is C10H17N3O2. The first-order valence-electron chi connectivity index (χ1n) is 4.89. The smallest absolute Gasteiger partial charge is 0.322 e. The zero-order chi connectivity index (χ0) is 11.6. The Hall–Kier alpha value is -1.36. The van der Waals surface area contributed by atoms with E-state index in [1.165, 1.54) is 0 Å². The lowest BCUT2D eigenvalue weighted by molar-refractivity contribution is -0.140. The average Bonchev–Trinajstić information content (AvgIpc) is 2.48. The maximum atomic E-state index is 11.0. The fraction of sp³-hybridized carbons (Fsp3) is 0.600. The van der Waals surface area contributed by atoms with E-state index in [9.17, 15) is 4.79 Å². The van der Waals surface area contributed by atoms with Crippen molar-refractivity contribution in [2.45, 2.75) is 32.9 Å². The van der Waals surface area contributed by atoms with Crippen molar-refractivity contribution in [3.8, 4) is 0 Å². The van der Waals surface area contributed by atoms with Gasteiger partial charge in [-0.2, -0.15) is 0 Å². The molecule has 84 valence electrons. The average molecular weight is 211 g/mol. The molecule has 0 bridgehead atoms. The molecule has 0 amide bonds. The van der Waals surface area contributed by atoms with Crippen molar-refractivity contribution in [3.05, 3.63) is 17.7 Å². The van der Waals surface area contributed by atoms with Crippen LogP contribution in [0.2, 0.25) is 0 Å². The summed E-state index contributed by atoms with van der Waals surface area (Å²) in [7, 11) is 1.65. The van der Waals surface area contributed by atoms with Crippen LogP contribution in [0, 0.1) is 13.8 Å². The number of aryl methyl sites for hydroxylation is 1. The number of hydrogen-bond donors (Lipinski definition) is 2. The van der Waals surface area contributed by atoms with E-state index in [1.54, 1.807) is 13.4 Å². The summed E-state index contributed by atoms with van der Waals surface area (Å²) in [6, 6.07) is -0.758. The SMILES string of the molecule is CNC(C(=O)O)C(C)n1cnc(C)c1C. The van der Waals surface area contributed by atoms with E-state index in [2.05, 4.69) is 10.3 Å². The normalized spacial score (nSPS) is 14.9. The van der Waals surface area contributed by atoms with Gasteiger partial charge < -0.3 is 15.0 Å². The second-order valence-corrected chi connectivity index (χ2v) is 3.67. The Balaban J connectivity index is 2.97. The Morgan fingerprint density at radius 1 is 1.60 bits per heavy atom. The first-order valence-corrected chi connectivity index (χ1v) is 4.89.